The van der Waals surface area contributed by atoms with Crippen molar-refractivity contribution in [2.24, 2.45) is 0 Å². The van der Waals surface area contributed by atoms with Gasteiger partial charge in [-0.2, -0.15) is 0 Å². The van der Waals surface area contributed by atoms with Crippen molar-refractivity contribution in [3.8, 4) is 0 Å². The van der Waals surface area contributed by atoms with Crippen molar-refractivity contribution in [1.29, 1.82) is 0 Å². The lowest BCUT2D eigenvalue weighted by atomic mass is 10.1. The van der Waals surface area contributed by atoms with Gasteiger partial charge in [-0.15, -0.1) is 0 Å². The maximum atomic E-state index is 13.0. The first-order chi connectivity index (χ1) is 15.6. The third kappa shape index (κ3) is 3.81. The van der Waals surface area contributed by atoms with Gasteiger partial charge in [0.2, 0.25) is 0 Å². The van der Waals surface area contributed by atoms with E-state index < -0.39 is 11.7 Å². The van der Waals surface area contributed by atoms with Crippen LogP contribution >= 0.6 is 11.6 Å². The number of aromatic nitrogens is 4. The predicted octanol–water partition coefficient (Wildman–Crippen LogP) is 4.50. The van der Waals surface area contributed by atoms with Crippen LogP contribution in [0.25, 0.3) is 22.1 Å². The van der Waals surface area contributed by atoms with Gasteiger partial charge in [-0.05, 0) is 29.8 Å². The lowest BCUT2D eigenvalue weighted by Crippen LogP contribution is -2.22. The van der Waals surface area contributed by atoms with E-state index >= 15 is 0 Å². The Labute approximate surface area is 187 Å². The van der Waals surface area contributed by atoms with E-state index in [0.717, 1.165) is 11.1 Å². The highest BCUT2D eigenvalue weighted by Gasteiger charge is 2.22. The molecule has 0 aliphatic carbocycles. The maximum Gasteiger partial charge on any atom is 0.296 e. The summed E-state index contributed by atoms with van der Waals surface area (Å²) in [6, 6.07) is 16.6. The Morgan fingerprint density at radius 2 is 1.75 bits per heavy atom. The number of halogens is 1. The number of rotatable bonds is 5. The summed E-state index contributed by atoms with van der Waals surface area (Å²) in [7, 11) is 0. The zero-order chi connectivity index (χ0) is 22.1. The summed E-state index contributed by atoms with van der Waals surface area (Å²) in [6.45, 7) is 0.542. The number of amides is 1. The zero-order valence-corrected chi connectivity index (χ0v) is 17.5. The maximum absolute atomic E-state index is 13.0. The van der Waals surface area contributed by atoms with Gasteiger partial charge < -0.3 is 9.88 Å². The molecule has 0 aliphatic rings. The molecular weight excluding hydrogens is 426 g/mol. The molecule has 5 aromatic rings. The van der Waals surface area contributed by atoms with E-state index in [9.17, 15) is 9.59 Å². The molecule has 2 aromatic carbocycles. The van der Waals surface area contributed by atoms with Gasteiger partial charge in [0.1, 0.15) is 5.52 Å². The van der Waals surface area contributed by atoms with Crippen molar-refractivity contribution in [3.05, 3.63) is 95.5 Å². The number of carbonyl (C=O) groups is 2. The summed E-state index contributed by atoms with van der Waals surface area (Å²) in [5, 5.41) is 3.99. The van der Waals surface area contributed by atoms with E-state index in [1.807, 2.05) is 53.1 Å². The number of para-hydroxylation sites is 1. The summed E-state index contributed by atoms with van der Waals surface area (Å²) >= 11 is 5.98. The lowest BCUT2D eigenvalue weighted by Gasteiger charge is -2.05. The minimum atomic E-state index is -0.746. The third-order valence-corrected chi connectivity index (χ3v) is 5.34. The quantitative estimate of drug-likeness (QED) is 0.320. The number of nitrogens with zero attached hydrogens (tertiary/aromatic N) is 4. The number of pyridine rings is 1. The minimum absolute atomic E-state index is 0.334. The molecule has 1 N–H and O–H groups in total. The number of fused-ring (bicyclic) bond motifs is 2. The largest absolute Gasteiger partial charge is 0.342 e. The summed E-state index contributed by atoms with van der Waals surface area (Å²) in [5.74, 6) is -1.38. The standard InChI is InChI=1S/C24H16ClN5O2/c25-16-7-5-15(6-8-16)13-30-14-19(18-3-1-2-4-21(18)30)22(31)24(32)29-17-11-20-23(28-12-17)27-10-9-26-20/h1-12,14H,13H2,(H,29,32). The van der Waals surface area contributed by atoms with Crippen LogP contribution in [0.5, 0.6) is 0 Å². The van der Waals surface area contributed by atoms with Crippen LogP contribution in [0.1, 0.15) is 15.9 Å². The van der Waals surface area contributed by atoms with Crippen LogP contribution in [0.15, 0.2) is 79.4 Å². The van der Waals surface area contributed by atoms with E-state index in [0.29, 0.717) is 39.4 Å². The normalized spacial score (nSPS) is 11.0. The average molecular weight is 442 g/mol. The molecule has 1 amide bonds. The number of nitrogens with one attached hydrogen (secondary N) is 1. The fourth-order valence-corrected chi connectivity index (χ4v) is 3.71. The summed E-state index contributed by atoms with van der Waals surface area (Å²) in [4.78, 5) is 38.2. The van der Waals surface area contributed by atoms with Crippen molar-refractivity contribution in [1.82, 2.24) is 19.5 Å². The Morgan fingerprint density at radius 1 is 0.969 bits per heavy atom. The number of hydrogen-bond acceptors (Lipinski definition) is 5. The van der Waals surface area contributed by atoms with Crippen LogP contribution in [0.4, 0.5) is 5.69 Å². The highest BCUT2D eigenvalue weighted by molar-refractivity contribution is 6.48. The Hall–Kier alpha value is -4.10. The first kappa shape index (κ1) is 19.8. The highest BCUT2D eigenvalue weighted by Crippen LogP contribution is 2.24. The fourth-order valence-electron chi connectivity index (χ4n) is 3.58. The molecule has 3 heterocycles. The van der Waals surface area contributed by atoms with E-state index in [1.165, 1.54) is 18.6 Å². The molecule has 0 fully saturated rings. The second-order valence-corrected chi connectivity index (χ2v) is 7.66. The Morgan fingerprint density at radius 3 is 2.59 bits per heavy atom. The number of carbonyl (C=O) groups excluding carboxylic acids is 2. The van der Waals surface area contributed by atoms with Crippen LogP contribution in [-0.2, 0) is 11.3 Å². The van der Waals surface area contributed by atoms with E-state index in [2.05, 4.69) is 20.3 Å². The molecule has 0 saturated heterocycles. The van der Waals surface area contributed by atoms with Crippen LogP contribution in [0.2, 0.25) is 5.02 Å². The van der Waals surface area contributed by atoms with Crippen molar-refractivity contribution in [2.45, 2.75) is 6.54 Å². The van der Waals surface area contributed by atoms with Gasteiger partial charge in [0.25, 0.3) is 11.7 Å². The molecule has 0 spiro atoms. The summed E-state index contributed by atoms with van der Waals surface area (Å²) in [5.41, 5.74) is 3.59. The smallest absolute Gasteiger partial charge is 0.296 e. The monoisotopic (exact) mass is 441 g/mol. The molecule has 0 unspecified atom stereocenters. The van der Waals surface area contributed by atoms with Crippen LogP contribution in [-0.4, -0.2) is 31.2 Å². The van der Waals surface area contributed by atoms with Gasteiger partial charge in [0.05, 0.1) is 17.4 Å². The second kappa shape index (κ2) is 8.20. The van der Waals surface area contributed by atoms with Crippen LogP contribution < -0.4 is 5.32 Å². The molecule has 0 atom stereocenters. The van der Waals surface area contributed by atoms with E-state index in [1.54, 1.807) is 12.3 Å². The van der Waals surface area contributed by atoms with Crippen LogP contribution in [0, 0.1) is 0 Å². The molecule has 8 heteroatoms. The molecule has 7 nitrogen and oxygen atoms in total. The first-order valence-electron chi connectivity index (χ1n) is 9.83. The molecule has 0 saturated carbocycles. The summed E-state index contributed by atoms with van der Waals surface area (Å²) in [6.07, 6.45) is 6.24. The average Bonchev–Trinajstić information content (AvgIpc) is 3.18. The topological polar surface area (TPSA) is 89.8 Å². The molecule has 3 aromatic heterocycles. The van der Waals surface area contributed by atoms with E-state index in [4.69, 9.17) is 11.6 Å². The highest BCUT2D eigenvalue weighted by atomic mass is 35.5. The second-order valence-electron chi connectivity index (χ2n) is 7.22. The van der Waals surface area contributed by atoms with Gasteiger partial charge in [-0.1, -0.05) is 41.9 Å². The number of ketones is 1. The van der Waals surface area contributed by atoms with Crippen molar-refractivity contribution >= 4 is 51.0 Å². The Kier molecular flexibility index (Phi) is 5.09. The van der Waals surface area contributed by atoms with Crippen molar-refractivity contribution < 1.29 is 9.59 Å². The van der Waals surface area contributed by atoms with Crippen molar-refractivity contribution in [2.75, 3.05) is 5.32 Å². The van der Waals surface area contributed by atoms with Crippen molar-refractivity contribution in [3.63, 3.8) is 0 Å². The minimum Gasteiger partial charge on any atom is -0.342 e. The predicted molar refractivity (Wildman–Crippen MR) is 123 cm³/mol. The Balaban J connectivity index is 1.44. The van der Waals surface area contributed by atoms with Gasteiger partial charge in [0.15, 0.2) is 5.65 Å². The molecule has 0 bridgehead atoms. The molecular formula is C24H16ClN5O2. The number of hydrogen-bond donors (Lipinski definition) is 1. The molecule has 156 valence electrons. The first-order valence-corrected chi connectivity index (χ1v) is 10.2. The molecule has 32 heavy (non-hydrogen) atoms. The molecule has 0 aliphatic heterocycles. The SMILES string of the molecule is O=C(Nc1cnc2nccnc2c1)C(=O)c1cn(Cc2ccc(Cl)cc2)c2ccccc12. The lowest BCUT2D eigenvalue weighted by molar-refractivity contribution is -0.112. The van der Waals surface area contributed by atoms with Gasteiger partial charge in [-0.25, -0.2) is 9.97 Å². The van der Waals surface area contributed by atoms with Gasteiger partial charge in [-0.3, -0.25) is 14.6 Å². The van der Waals surface area contributed by atoms with Crippen LogP contribution in [0.3, 0.4) is 0 Å². The summed E-state index contributed by atoms with van der Waals surface area (Å²) < 4.78 is 1.95. The number of anilines is 1. The number of Topliss-reactive ketones (excluding diaryl/α,β-unsaturated/α-hetero) is 1. The van der Waals surface area contributed by atoms with Gasteiger partial charge >= 0.3 is 0 Å². The van der Waals surface area contributed by atoms with Gasteiger partial charge in [0, 0.05) is 41.1 Å². The third-order valence-electron chi connectivity index (χ3n) is 5.09. The van der Waals surface area contributed by atoms with E-state index in [-0.39, 0.29) is 0 Å². The number of benzene rings is 2. The molecule has 5 rings (SSSR count). The zero-order valence-electron chi connectivity index (χ0n) is 16.7. The molecule has 0 radical (unpaired) electrons. The Bertz CT molecular complexity index is 1480. The fraction of sp³-hybridized carbons (Fsp3) is 0.0417.